The van der Waals surface area contributed by atoms with Gasteiger partial charge in [0.1, 0.15) is 0 Å². The van der Waals surface area contributed by atoms with Gasteiger partial charge in [-0.05, 0) is 6.92 Å². The highest BCUT2D eigenvalue weighted by atomic mass is 16.5. The SMILES string of the molecule is Cc1cc(-c2nc(C(C)C)no2)on1. The van der Waals surface area contributed by atoms with Crippen molar-refractivity contribution >= 4 is 0 Å². The molecular weight excluding hydrogens is 182 g/mol. The molecule has 0 unspecified atom stereocenters. The number of hydrogen-bond acceptors (Lipinski definition) is 5. The van der Waals surface area contributed by atoms with Crippen LogP contribution in [-0.2, 0) is 0 Å². The van der Waals surface area contributed by atoms with Crippen LogP contribution < -0.4 is 0 Å². The smallest absolute Gasteiger partial charge is 0.296 e. The molecule has 0 amide bonds. The van der Waals surface area contributed by atoms with Gasteiger partial charge in [0.25, 0.3) is 5.89 Å². The molecule has 2 heterocycles. The van der Waals surface area contributed by atoms with Crippen molar-refractivity contribution in [3.05, 3.63) is 17.6 Å². The summed E-state index contributed by atoms with van der Waals surface area (Å²) in [6.45, 7) is 5.84. The predicted octanol–water partition coefficient (Wildman–Crippen LogP) is 2.16. The van der Waals surface area contributed by atoms with Crippen LogP contribution in [0.2, 0.25) is 0 Å². The van der Waals surface area contributed by atoms with Crippen molar-refractivity contribution in [3.8, 4) is 11.7 Å². The van der Waals surface area contributed by atoms with Crippen LogP contribution in [0.3, 0.4) is 0 Å². The van der Waals surface area contributed by atoms with Gasteiger partial charge in [-0.1, -0.05) is 24.2 Å². The second kappa shape index (κ2) is 3.25. The van der Waals surface area contributed by atoms with Crippen molar-refractivity contribution in [2.45, 2.75) is 26.7 Å². The monoisotopic (exact) mass is 193 g/mol. The fourth-order valence-corrected chi connectivity index (χ4v) is 1.03. The van der Waals surface area contributed by atoms with Crippen LogP contribution in [0.1, 0.15) is 31.3 Å². The molecule has 5 heteroatoms. The lowest BCUT2D eigenvalue weighted by Crippen LogP contribution is -1.88. The van der Waals surface area contributed by atoms with Gasteiger partial charge in [-0.25, -0.2) is 0 Å². The summed E-state index contributed by atoms with van der Waals surface area (Å²) in [6.07, 6.45) is 0. The summed E-state index contributed by atoms with van der Waals surface area (Å²) in [5.74, 6) is 1.82. The molecule has 0 fully saturated rings. The molecule has 0 radical (unpaired) electrons. The van der Waals surface area contributed by atoms with E-state index in [1.54, 1.807) is 6.07 Å². The van der Waals surface area contributed by atoms with Crippen LogP contribution >= 0.6 is 0 Å². The minimum Gasteiger partial charge on any atom is -0.351 e. The molecule has 0 N–H and O–H groups in total. The normalized spacial score (nSPS) is 11.1. The Morgan fingerprint density at radius 1 is 1.21 bits per heavy atom. The zero-order chi connectivity index (χ0) is 10.1. The van der Waals surface area contributed by atoms with E-state index in [9.17, 15) is 0 Å². The second-order valence-electron chi connectivity index (χ2n) is 3.44. The quantitative estimate of drug-likeness (QED) is 0.731. The maximum Gasteiger partial charge on any atom is 0.296 e. The predicted molar refractivity (Wildman–Crippen MR) is 48.6 cm³/mol. The Morgan fingerprint density at radius 2 is 2.00 bits per heavy atom. The number of aryl methyl sites for hydroxylation is 1. The summed E-state index contributed by atoms with van der Waals surface area (Å²) in [5.41, 5.74) is 0.796. The Hall–Kier alpha value is -1.65. The molecule has 14 heavy (non-hydrogen) atoms. The van der Waals surface area contributed by atoms with Crippen molar-refractivity contribution in [1.82, 2.24) is 15.3 Å². The highest BCUT2D eigenvalue weighted by molar-refractivity contribution is 5.43. The van der Waals surface area contributed by atoms with Gasteiger partial charge in [-0.3, -0.25) is 0 Å². The van der Waals surface area contributed by atoms with Gasteiger partial charge in [0.05, 0.1) is 5.69 Å². The molecule has 5 nitrogen and oxygen atoms in total. The topological polar surface area (TPSA) is 65.0 Å². The zero-order valence-corrected chi connectivity index (χ0v) is 8.31. The Morgan fingerprint density at radius 3 is 2.50 bits per heavy atom. The summed E-state index contributed by atoms with van der Waals surface area (Å²) in [7, 11) is 0. The van der Waals surface area contributed by atoms with Crippen LogP contribution in [-0.4, -0.2) is 15.3 Å². The zero-order valence-electron chi connectivity index (χ0n) is 8.31. The van der Waals surface area contributed by atoms with Crippen LogP contribution in [0.4, 0.5) is 0 Å². The average Bonchev–Trinajstić information content (AvgIpc) is 2.70. The molecule has 0 saturated carbocycles. The van der Waals surface area contributed by atoms with E-state index >= 15 is 0 Å². The van der Waals surface area contributed by atoms with Crippen LogP contribution in [0, 0.1) is 6.92 Å². The molecule has 0 atom stereocenters. The van der Waals surface area contributed by atoms with E-state index in [4.69, 9.17) is 9.05 Å². The molecule has 0 aliphatic heterocycles. The largest absolute Gasteiger partial charge is 0.351 e. The van der Waals surface area contributed by atoms with Gasteiger partial charge in [-0.15, -0.1) is 0 Å². The molecule has 2 aromatic heterocycles. The van der Waals surface area contributed by atoms with Crippen LogP contribution in [0.25, 0.3) is 11.7 Å². The lowest BCUT2D eigenvalue weighted by molar-refractivity contribution is 0.379. The fraction of sp³-hybridized carbons (Fsp3) is 0.444. The minimum atomic E-state index is 0.247. The minimum absolute atomic E-state index is 0.247. The van der Waals surface area contributed by atoms with Gasteiger partial charge < -0.3 is 9.05 Å². The first-order chi connectivity index (χ1) is 6.66. The van der Waals surface area contributed by atoms with Gasteiger partial charge >= 0.3 is 0 Å². The summed E-state index contributed by atoms with van der Waals surface area (Å²) in [5, 5.41) is 7.57. The van der Waals surface area contributed by atoms with E-state index in [-0.39, 0.29) is 5.92 Å². The van der Waals surface area contributed by atoms with Gasteiger partial charge in [0, 0.05) is 12.0 Å². The molecule has 0 spiro atoms. The van der Waals surface area contributed by atoms with Gasteiger partial charge in [0.15, 0.2) is 5.82 Å². The fourth-order valence-electron chi connectivity index (χ4n) is 1.03. The summed E-state index contributed by atoms with van der Waals surface area (Å²) in [4.78, 5) is 4.18. The third-order valence-electron chi connectivity index (χ3n) is 1.80. The second-order valence-corrected chi connectivity index (χ2v) is 3.44. The Labute approximate surface area is 81.1 Å². The first-order valence-corrected chi connectivity index (χ1v) is 4.44. The number of aromatic nitrogens is 3. The van der Waals surface area contributed by atoms with Gasteiger partial charge in [0.2, 0.25) is 5.76 Å². The maximum atomic E-state index is 5.03. The lowest BCUT2D eigenvalue weighted by atomic mass is 10.2. The third-order valence-corrected chi connectivity index (χ3v) is 1.80. The van der Waals surface area contributed by atoms with E-state index in [1.807, 2.05) is 20.8 Å². The van der Waals surface area contributed by atoms with Gasteiger partial charge in [-0.2, -0.15) is 4.98 Å². The molecule has 0 bridgehead atoms. The highest BCUT2D eigenvalue weighted by Crippen LogP contribution is 2.20. The molecule has 0 aliphatic rings. The first kappa shape index (κ1) is 8.93. The van der Waals surface area contributed by atoms with E-state index in [2.05, 4.69) is 15.3 Å². The standard InChI is InChI=1S/C9H11N3O2/c1-5(2)8-10-9(14-12-8)7-4-6(3)11-13-7/h4-5H,1-3H3. The van der Waals surface area contributed by atoms with E-state index in [0.717, 1.165) is 5.69 Å². The van der Waals surface area contributed by atoms with Crippen molar-refractivity contribution in [2.24, 2.45) is 0 Å². The van der Waals surface area contributed by atoms with Crippen molar-refractivity contribution in [1.29, 1.82) is 0 Å². The Balaban J connectivity index is 2.33. The molecule has 0 aromatic carbocycles. The molecule has 2 aromatic rings. The average molecular weight is 193 g/mol. The van der Waals surface area contributed by atoms with Crippen molar-refractivity contribution in [2.75, 3.05) is 0 Å². The first-order valence-electron chi connectivity index (χ1n) is 4.44. The van der Waals surface area contributed by atoms with E-state index in [1.165, 1.54) is 0 Å². The number of hydrogen-bond donors (Lipinski definition) is 0. The van der Waals surface area contributed by atoms with Crippen LogP contribution in [0.5, 0.6) is 0 Å². The van der Waals surface area contributed by atoms with Crippen molar-refractivity contribution in [3.63, 3.8) is 0 Å². The Bertz CT molecular complexity index is 431. The third kappa shape index (κ3) is 1.53. The van der Waals surface area contributed by atoms with Crippen LogP contribution in [0.15, 0.2) is 15.1 Å². The molecule has 0 aliphatic carbocycles. The number of rotatable bonds is 2. The number of nitrogens with zero attached hydrogens (tertiary/aromatic N) is 3. The molecule has 74 valence electrons. The lowest BCUT2D eigenvalue weighted by Gasteiger charge is -1.91. The Kier molecular flexibility index (Phi) is 2.07. The molecule has 0 saturated heterocycles. The summed E-state index contributed by atoms with van der Waals surface area (Å²) >= 11 is 0. The van der Waals surface area contributed by atoms with E-state index in [0.29, 0.717) is 17.5 Å². The molecular formula is C9H11N3O2. The van der Waals surface area contributed by atoms with Crippen molar-refractivity contribution < 1.29 is 9.05 Å². The maximum absolute atomic E-state index is 5.03. The molecule has 2 rings (SSSR count). The summed E-state index contributed by atoms with van der Waals surface area (Å²) in [6, 6.07) is 1.76. The highest BCUT2D eigenvalue weighted by Gasteiger charge is 2.14. The van der Waals surface area contributed by atoms with E-state index < -0.39 is 0 Å². The summed E-state index contributed by atoms with van der Waals surface area (Å²) < 4.78 is 10.0.